The van der Waals surface area contributed by atoms with Gasteiger partial charge in [0.15, 0.2) is 0 Å². The molecular weight excluding hydrogens is 374 g/mol. The second-order valence-corrected chi connectivity index (χ2v) is 6.91. The summed E-state index contributed by atoms with van der Waals surface area (Å²) in [5.74, 6) is 0.0197. The molecule has 0 radical (unpaired) electrons. The number of allylic oxidation sites excluding steroid dienone is 1. The molecule has 0 atom stereocenters. The van der Waals surface area contributed by atoms with E-state index in [4.69, 9.17) is 10.5 Å². The Balaban J connectivity index is 1.48. The van der Waals surface area contributed by atoms with Crippen LogP contribution in [0.4, 0.5) is 5.69 Å². The highest BCUT2D eigenvalue weighted by Crippen LogP contribution is 2.14. The van der Waals surface area contributed by atoms with E-state index >= 15 is 0 Å². The van der Waals surface area contributed by atoms with Crippen LogP contribution in [0.1, 0.15) is 15.9 Å². The van der Waals surface area contributed by atoms with Crippen molar-refractivity contribution in [2.24, 2.45) is 0 Å². The predicted molar refractivity (Wildman–Crippen MR) is 117 cm³/mol. The number of nitrogens with one attached hydrogen (secondary N) is 1. The minimum absolute atomic E-state index is 0.00774. The number of rotatable bonds is 6. The monoisotopic (exact) mass is 397 g/mol. The summed E-state index contributed by atoms with van der Waals surface area (Å²) in [6.07, 6.45) is 5.64. The first-order valence-corrected chi connectivity index (χ1v) is 9.80. The van der Waals surface area contributed by atoms with Crippen molar-refractivity contribution in [2.45, 2.75) is 0 Å². The topological polar surface area (TPSA) is 83.2 Å². The molecule has 150 valence electrons. The standard InChI is InChI=1S/C24H23N5O/c25-17-21(18-26)19-27-23-10-8-22(9-11-23)24(30)29-15-13-28(14-16-29)12-4-7-20-5-2-1-3-6-20/h1-11,19,27H,12-16H2. The molecule has 6 nitrogen and oxygen atoms in total. The Morgan fingerprint density at radius 1 is 0.967 bits per heavy atom. The van der Waals surface area contributed by atoms with E-state index in [2.05, 4.69) is 34.5 Å². The normalized spacial score (nSPS) is 14.0. The van der Waals surface area contributed by atoms with Crippen LogP contribution in [-0.4, -0.2) is 48.4 Å². The van der Waals surface area contributed by atoms with Gasteiger partial charge in [-0.15, -0.1) is 0 Å². The molecule has 6 heteroatoms. The van der Waals surface area contributed by atoms with Crippen molar-refractivity contribution in [3.63, 3.8) is 0 Å². The van der Waals surface area contributed by atoms with Crippen LogP contribution in [0.5, 0.6) is 0 Å². The second kappa shape index (κ2) is 10.6. The lowest BCUT2D eigenvalue weighted by molar-refractivity contribution is 0.0650. The predicted octanol–water partition coefficient (Wildman–Crippen LogP) is 3.50. The average Bonchev–Trinajstić information content (AvgIpc) is 2.81. The number of benzene rings is 2. The highest BCUT2D eigenvalue weighted by atomic mass is 16.2. The summed E-state index contributed by atoms with van der Waals surface area (Å²) in [5.41, 5.74) is 2.52. The molecule has 1 heterocycles. The quantitative estimate of drug-likeness (QED) is 0.755. The van der Waals surface area contributed by atoms with Crippen molar-refractivity contribution in [1.29, 1.82) is 10.5 Å². The zero-order chi connectivity index (χ0) is 21.2. The smallest absolute Gasteiger partial charge is 0.253 e. The third kappa shape index (κ3) is 5.81. The maximum Gasteiger partial charge on any atom is 0.253 e. The first-order chi connectivity index (χ1) is 14.7. The molecule has 1 aliphatic rings. The molecule has 3 rings (SSSR count). The maximum atomic E-state index is 12.8. The van der Waals surface area contributed by atoms with Crippen LogP contribution in [-0.2, 0) is 0 Å². The number of piperazine rings is 1. The van der Waals surface area contributed by atoms with Gasteiger partial charge in [-0.3, -0.25) is 9.69 Å². The first kappa shape index (κ1) is 20.9. The number of carbonyl (C=O) groups excluding carboxylic acids is 1. The number of hydrogen-bond acceptors (Lipinski definition) is 5. The molecule has 2 aromatic rings. The van der Waals surface area contributed by atoms with Gasteiger partial charge in [-0.2, -0.15) is 10.5 Å². The highest BCUT2D eigenvalue weighted by molar-refractivity contribution is 5.94. The van der Waals surface area contributed by atoms with Crippen LogP contribution in [0.25, 0.3) is 6.08 Å². The largest absolute Gasteiger partial charge is 0.360 e. The van der Waals surface area contributed by atoms with Crippen LogP contribution in [0, 0.1) is 22.7 Å². The van der Waals surface area contributed by atoms with Crippen molar-refractivity contribution in [1.82, 2.24) is 9.80 Å². The molecule has 1 saturated heterocycles. The number of nitrogens with zero attached hydrogens (tertiary/aromatic N) is 4. The van der Waals surface area contributed by atoms with Gasteiger partial charge in [0.2, 0.25) is 0 Å². The molecule has 0 aromatic heterocycles. The molecule has 30 heavy (non-hydrogen) atoms. The van der Waals surface area contributed by atoms with Crippen LogP contribution in [0.15, 0.2) is 72.4 Å². The molecule has 1 amide bonds. The number of amides is 1. The molecule has 0 unspecified atom stereocenters. The molecular formula is C24H23N5O. The fraction of sp³-hybridized carbons (Fsp3) is 0.208. The van der Waals surface area contributed by atoms with Crippen LogP contribution in [0.3, 0.4) is 0 Å². The van der Waals surface area contributed by atoms with Gasteiger partial charge in [-0.1, -0.05) is 42.5 Å². The zero-order valence-corrected chi connectivity index (χ0v) is 16.7. The summed E-state index contributed by atoms with van der Waals surface area (Å²) in [4.78, 5) is 17.0. The Labute approximate surface area is 176 Å². The van der Waals surface area contributed by atoms with E-state index < -0.39 is 0 Å². The molecule has 0 spiro atoms. The minimum Gasteiger partial charge on any atom is -0.360 e. The first-order valence-electron chi connectivity index (χ1n) is 9.80. The minimum atomic E-state index is -0.00774. The molecule has 1 aliphatic heterocycles. The second-order valence-electron chi connectivity index (χ2n) is 6.91. The van der Waals surface area contributed by atoms with Crippen molar-refractivity contribution in [3.05, 3.63) is 83.6 Å². The molecule has 0 aliphatic carbocycles. The van der Waals surface area contributed by atoms with Gasteiger partial charge in [0.1, 0.15) is 17.7 Å². The van der Waals surface area contributed by atoms with Crippen LogP contribution in [0.2, 0.25) is 0 Å². The van der Waals surface area contributed by atoms with Gasteiger partial charge in [-0.25, -0.2) is 0 Å². The van der Waals surface area contributed by atoms with Gasteiger partial charge >= 0.3 is 0 Å². The Bertz CT molecular complexity index is 973. The number of carbonyl (C=O) groups is 1. The lowest BCUT2D eigenvalue weighted by Crippen LogP contribution is -2.48. The van der Waals surface area contributed by atoms with Crippen LogP contribution < -0.4 is 5.32 Å². The van der Waals surface area contributed by atoms with Gasteiger partial charge in [0.25, 0.3) is 5.91 Å². The van der Waals surface area contributed by atoms with Gasteiger partial charge < -0.3 is 10.2 Å². The SMILES string of the molecule is N#CC(C#N)=CNc1ccc(C(=O)N2CCN(CC=Cc3ccccc3)CC2)cc1. The van der Waals surface area contributed by atoms with Gasteiger partial charge in [0, 0.05) is 50.2 Å². The lowest BCUT2D eigenvalue weighted by Gasteiger charge is -2.34. The average molecular weight is 397 g/mol. The number of anilines is 1. The highest BCUT2D eigenvalue weighted by Gasteiger charge is 2.21. The van der Waals surface area contributed by atoms with Crippen molar-refractivity contribution < 1.29 is 4.79 Å². The fourth-order valence-corrected chi connectivity index (χ4v) is 3.17. The van der Waals surface area contributed by atoms with E-state index in [0.717, 1.165) is 19.6 Å². The molecule has 1 N–H and O–H groups in total. The van der Waals surface area contributed by atoms with Crippen molar-refractivity contribution >= 4 is 17.7 Å². The van der Waals surface area contributed by atoms with E-state index in [0.29, 0.717) is 24.3 Å². The Hall–Kier alpha value is -3.87. The van der Waals surface area contributed by atoms with Crippen molar-refractivity contribution in [3.8, 4) is 12.1 Å². The zero-order valence-electron chi connectivity index (χ0n) is 16.7. The summed E-state index contributed by atoms with van der Waals surface area (Å²) in [5, 5.41) is 20.4. The van der Waals surface area contributed by atoms with Crippen molar-refractivity contribution in [2.75, 3.05) is 38.0 Å². The summed E-state index contributed by atoms with van der Waals surface area (Å²) < 4.78 is 0. The summed E-state index contributed by atoms with van der Waals surface area (Å²) >= 11 is 0. The molecule has 1 fully saturated rings. The third-order valence-electron chi connectivity index (χ3n) is 4.89. The lowest BCUT2D eigenvalue weighted by atomic mass is 10.1. The number of hydrogen-bond donors (Lipinski definition) is 1. The van der Waals surface area contributed by atoms with Gasteiger partial charge in [-0.05, 0) is 29.8 Å². The Morgan fingerprint density at radius 3 is 2.27 bits per heavy atom. The van der Waals surface area contributed by atoms with E-state index in [1.54, 1.807) is 36.4 Å². The molecule has 0 bridgehead atoms. The van der Waals surface area contributed by atoms with E-state index in [1.165, 1.54) is 11.8 Å². The number of nitriles is 2. The Kier molecular flexibility index (Phi) is 7.38. The summed E-state index contributed by atoms with van der Waals surface area (Å²) in [6.45, 7) is 3.97. The molecule has 2 aromatic carbocycles. The summed E-state index contributed by atoms with van der Waals surface area (Å²) in [6, 6.07) is 20.8. The van der Waals surface area contributed by atoms with E-state index in [9.17, 15) is 4.79 Å². The van der Waals surface area contributed by atoms with E-state index in [1.807, 2.05) is 23.1 Å². The fourth-order valence-electron chi connectivity index (χ4n) is 3.17. The summed E-state index contributed by atoms with van der Waals surface area (Å²) in [7, 11) is 0. The van der Waals surface area contributed by atoms with Gasteiger partial charge in [0.05, 0.1) is 0 Å². The molecule has 0 saturated carbocycles. The van der Waals surface area contributed by atoms with Crippen LogP contribution >= 0.6 is 0 Å². The van der Waals surface area contributed by atoms with E-state index in [-0.39, 0.29) is 11.5 Å². The third-order valence-corrected chi connectivity index (χ3v) is 4.89. The maximum absolute atomic E-state index is 12.8. The Morgan fingerprint density at radius 2 is 1.63 bits per heavy atom.